The highest BCUT2D eigenvalue weighted by Gasteiger charge is 2.14. The van der Waals surface area contributed by atoms with Crippen molar-refractivity contribution in [1.82, 2.24) is 4.98 Å². The summed E-state index contributed by atoms with van der Waals surface area (Å²) in [5.41, 5.74) is 5.45. The van der Waals surface area contributed by atoms with E-state index in [4.69, 9.17) is 0 Å². The van der Waals surface area contributed by atoms with Crippen LogP contribution in [0.25, 0.3) is 22.2 Å². The molecular weight excluding hydrogens is 365 g/mol. The number of rotatable bonds is 3. The van der Waals surface area contributed by atoms with Crippen molar-refractivity contribution in [2.75, 3.05) is 0 Å². The fourth-order valence-electron chi connectivity index (χ4n) is 3.10. The van der Waals surface area contributed by atoms with Crippen LogP contribution < -0.4 is 0 Å². The van der Waals surface area contributed by atoms with E-state index in [0.717, 1.165) is 26.8 Å². The number of nitrogens with one attached hydrogen (secondary N) is 1. The summed E-state index contributed by atoms with van der Waals surface area (Å²) in [6.07, 6.45) is 0.659. The van der Waals surface area contributed by atoms with Crippen molar-refractivity contribution in [2.24, 2.45) is 0 Å². The Morgan fingerprint density at radius 1 is 0.875 bits per heavy atom. The third kappa shape index (κ3) is 2.76. The first-order chi connectivity index (χ1) is 11.7. The lowest BCUT2D eigenvalue weighted by molar-refractivity contribution is 0.625. The largest absolute Gasteiger partial charge is 0.354 e. The zero-order chi connectivity index (χ0) is 16.5. The number of para-hydroxylation sites is 1. The molecule has 3 heteroatoms. The molecule has 1 aromatic heterocycles. The predicted octanol–water partition coefficient (Wildman–Crippen LogP) is 6.33. The van der Waals surface area contributed by atoms with Gasteiger partial charge in [0.2, 0.25) is 0 Å². The molecule has 0 aliphatic heterocycles. The molecule has 1 heterocycles. The van der Waals surface area contributed by atoms with Crippen molar-refractivity contribution in [3.8, 4) is 11.3 Å². The Balaban J connectivity index is 1.91. The van der Waals surface area contributed by atoms with Crippen LogP contribution in [0, 0.1) is 5.82 Å². The second-order valence-electron chi connectivity index (χ2n) is 5.80. The summed E-state index contributed by atoms with van der Waals surface area (Å²) in [7, 11) is 0. The monoisotopic (exact) mass is 379 g/mol. The van der Waals surface area contributed by atoms with E-state index in [0.29, 0.717) is 6.42 Å². The van der Waals surface area contributed by atoms with Crippen molar-refractivity contribution in [1.29, 1.82) is 0 Å². The third-order valence-electron chi connectivity index (χ3n) is 4.25. The third-order valence-corrected chi connectivity index (χ3v) is 5.02. The topological polar surface area (TPSA) is 15.8 Å². The molecule has 1 nitrogen and oxygen atoms in total. The first-order valence-corrected chi connectivity index (χ1v) is 8.60. The lowest BCUT2D eigenvalue weighted by Crippen LogP contribution is -1.93. The summed E-state index contributed by atoms with van der Waals surface area (Å²) in [5.74, 6) is -0.214. The lowest BCUT2D eigenvalue weighted by atomic mass is 9.98. The fraction of sp³-hybridized carbons (Fsp3) is 0.0476. The van der Waals surface area contributed by atoms with E-state index >= 15 is 0 Å². The van der Waals surface area contributed by atoms with E-state index in [-0.39, 0.29) is 5.82 Å². The van der Waals surface area contributed by atoms with Gasteiger partial charge in [0.05, 0.1) is 5.69 Å². The molecule has 118 valence electrons. The molecule has 0 bridgehead atoms. The molecule has 0 aliphatic carbocycles. The van der Waals surface area contributed by atoms with Gasteiger partial charge in [0.15, 0.2) is 0 Å². The van der Waals surface area contributed by atoms with Gasteiger partial charge in [-0.25, -0.2) is 4.39 Å². The SMILES string of the molecule is Fc1ccc(Br)c(Cc2c(-c3ccccc3)[nH]c3ccccc23)c1. The minimum Gasteiger partial charge on any atom is -0.354 e. The number of halogens is 2. The molecule has 0 saturated heterocycles. The Morgan fingerprint density at radius 3 is 2.46 bits per heavy atom. The van der Waals surface area contributed by atoms with Crippen LogP contribution in [0.4, 0.5) is 4.39 Å². The minimum atomic E-state index is -0.214. The van der Waals surface area contributed by atoms with Crippen LogP contribution in [-0.4, -0.2) is 4.98 Å². The van der Waals surface area contributed by atoms with Crippen LogP contribution in [0.2, 0.25) is 0 Å². The molecule has 4 rings (SSSR count). The maximum absolute atomic E-state index is 13.7. The summed E-state index contributed by atoms with van der Waals surface area (Å²) in [6, 6.07) is 23.3. The van der Waals surface area contributed by atoms with E-state index in [1.165, 1.54) is 17.0 Å². The summed E-state index contributed by atoms with van der Waals surface area (Å²) in [6.45, 7) is 0. The van der Waals surface area contributed by atoms with Gasteiger partial charge in [-0.2, -0.15) is 0 Å². The van der Waals surface area contributed by atoms with E-state index < -0.39 is 0 Å². The second-order valence-corrected chi connectivity index (χ2v) is 6.66. The number of benzene rings is 3. The first-order valence-electron chi connectivity index (χ1n) is 7.81. The molecule has 0 amide bonds. The zero-order valence-corrected chi connectivity index (χ0v) is 14.5. The average Bonchev–Trinajstić information content (AvgIpc) is 2.98. The van der Waals surface area contributed by atoms with Crippen LogP contribution in [0.15, 0.2) is 77.3 Å². The molecular formula is C21H15BrFN. The van der Waals surface area contributed by atoms with Gasteiger partial charge >= 0.3 is 0 Å². The molecule has 0 radical (unpaired) electrons. The molecule has 0 saturated carbocycles. The van der Waals surface area contributed by atoms with Gasteiger partial charge in [0.25, 0.3) is 0 Å². The number of H-pyrrole nitrogens is 1. The Labute approximate surface area is 148 Å². The fourth-order valence-corrected chi connectivity index (χ4v) is 3.49. The summed E-state index contributed by atoms with van der Waals surface area (Å²) >= 11 is 3.54. The summed E-state index contributed by atoms with van der Waals surface area (Å²) in [5, 5.41) is 1.17. The molecule has 0 atom stereocenters. The van der Waals surface area contributed by atoms with Crippen molar-refractivity contribution in [2.45, 2.75) is 6.42 Å². The van der Waals surface area contributed by atoms with Gasteiger partial charge in [0.1, 0.15) is 5.82 Å². The molecule has 0 spiro atoms. The van der Waals surface area contributed by atoms with Gasteiger partial charge in [0, 0.05) is 21.8 Å². The highest BCUT2D eigenvalue weighted by molar-refractivity contribution is 9.10. The Bertz CT molecular complexity index is 1000. The zero-order valence-electron chi connectivity index (χ0n) is 12.9. The van der Waals surface area contributed by atoms with E-state index in [1.54, 1.807) is 12.1 Å². The number of hydrogen-bond acceptors (Lipinski definition) is 0. The van der Waals surface area contributed by atoms with Crippen LogP contribution >= 0.6 is 15.9 Å². The normalized spacial score (nSPS) is 11.1. The molecule has 3 aromatic carbocycles. The molecule has 4 aromatic rings. The predicted molar refractivity (Wildman–Crippen MR) is 101 cm³/mol. The quantitative estimate of drug-likeness (QED) is 0.428. The van der Waals surface area contributed by atoms with Gasteiger partial charge in [-0.3, -0.25) is 0 Å². The van der Waals surface area contributed by atoms with Crippen molar-refractivity contribution in [3.05, 3.63) is 94.2 Å². The number of hydrogen-bond donors (Lipinski definition) is 1. The maximum Gasteiger partial charge on any atom is 0.123 e. The number of aromatic amines is 1. The Morgan fingerprint density at radius 2 is 1.62 bits per heavy atom. The van der Waals surface area contributed by atoms with Gasteiger partial charge in [-0.05, 0) is 41.0 Å². The van der Waals surface area contributed by atoms with Gasteiger partial charge in [-0.15, -0.1) is 0 Å². The molecule has 1 N–H and O–H groups in total. The highest BCUT2D eigenvalue weighted by atomic mass is 79.9. The van der Waals surface area contributed by atoms with E-state index in [1.807, 2.05) is 30.3 Å². The molecule has 0 unspecified atom stereocenters. The highest BCUT2D eigenvalue weighted by Crippen LogP contribution is 2.33. The average molecular weight is 380 g/mol. The summed E-state index contributed by atoms with van der Waals surface area (Å²) in [4.78, 5) is 3.53. The van der Waals surface area contributed by atoms with Gasteiger partial charge < -0.3 is 4.98 Å². The lowest BCUT2D eigenvalue weighted by Gasteiger charge is -2.08. The first kappa shape index (κ1) is 15.2. The van der Waals surface area contributed by atoms with Crippen LogP contribution in [-0.2, 0) is 6.42 Å². The van der Waals surface area contributed by atoms with Gasteiger partial charge in [-0.1, -0.05) is 64.5 Å². The smallest absolute Gasteiger partial charge is 0.123 e. The van der Waals surface area contributed by atoms with Crippen molar-refractivity contribution in [3.63, 3.8) is 0 Å². The Kier molecular flexibility index (Phi) is 3.95. The molecule has 0 aliphatic rings. The molecule has 24 heavy (non-hydrogen) atoms. The van der Waals surface area contributed by atoms with Crippen molar-refractivity contribution >= 4 is 26.8 Å². The standard InChI is InChI=1S/C21H15BrFN/c22-19-11-10-16(23)12-15(19)13-18-17-8-4-5-9-20(17)24-21(18)14-6-2-1-3-7-14/h1-12,24H,13H2. The second kappa shape index (κ2) is 6.25. The van der Waals surface area contributed by atoms with E-state index in [2.05, 4.69) is 45.2 Å². The number of fused-ring (bicyclic) bond motifs is 1. The minimum absolute atomic E-state index is 0.214. The summed E-state index contributed by atoms with van der Waals surface area (Å²) < 4.78 is 14.6. The molecule has 0 fully saturated rings. The van der Waals surface area contributed by atoms with Crippen molar-refractivity contribution < 1.29 is 4.39 Å². The number of aromatic nitrogens is 1. The van der Waals surface area contributed by atoms with E-state index in [9.17, 15) is 4.39 Å². The Hall–Kier alpha value is -2.39. The van der Waals surface area contributed by atoms with Crippen LogP contribution in [0.5, 0.6) is 0 Å². The van der Waals surface area contributed by atoms with Crippen LogP contribution in [0.3, 0.4) is 0 Å². The van der Waals surface area contributed by atoms with Crippen LogP contribution in [0.1, 0.15) is 11.1 Å². The maximum atomic E-state index is 13.7.